The molecule has 1 atom stereocenters. The Labute approximate surface area is 188 Å². The van der Waals surface area contributed by atoms with Gasteiger partial charge in [-0.2, -0.15) is 0 Å². The van der Waals surface area contributed by atoms with Crippen LogP contribution in [0.3, 0.4) is 0 Å². The van der Waals surface area contributed by atoms with E-state index in [1.165, 1.54) is 11.2 Å². The molecule has 3 aromatic heterocycles. The maximum absolute atomic E-state index is 12.7. The van der Waals surface area contributed by atoms with Crippen molar-refractivity contribution >= 4 is 11.9 Å². The number of furan rings is 1. The summed E-state index contributed by atoms with van der Waals surface area (Å²) < 4.78 is 21.6. The van der Waals surface area contributed by atoms with Gasteiger partial charge in [0.05, 0.1) is 6.26 Å². The monoisotopic (exact) mass is 448 g/mol. The summed E-state index contributed by atoms with van der Waals surface area (Å²) in [6.07, 6.45) is 2.64. The molecule has 5 rings (SSSR count). The number of hydrogen-bond donors (Lipinski definition) is 0. The van der Waals surface area contributed by atoms with Crippen molar-refractivity contribution in [1.29, 1.82) is 0 Å². The molecule has 168 valence electrons. The number of benzene rings is 1. The molecule has 1 fully saturated rings. The third kappa shape index (κ3) is 4.02. The molecule has 0 radical (unpaired) electrons. The molecule has 1 aliphatic rings. The lowest BCUT2D eigenvalue weighted by Gasteiger charge is -2.21. The molecule has 1 aliphatic heterocycles. The molecule has 4 heterocycles. The molecule has 0 saturated carbocycles. The lowest BCUT2D eigenvalue weighted by molar-refractivity contribution is -0.150. The molecule has 0 unspecified atom stereocenters. The largest absolute Gasteiger partial charge is 0.459 e. The minimum absolute atomic E-state index is 0.125. The minimum atomic E-state index is -0.685. The Kier molecular flexibility index (Phi) is 5.47. The molecule has 0 aliphatic carbocycles. The third-order valence-corrected chi connectivity index (χ3v) is 5.45. The van der Waals surface area contributed by atoms with Gasteiger partial charge in [0, 0.05) is 12.1 Å². The molecule has 1 aromatic carbocycles. The number of hydrogen-bond acceptors (Lipinski definition) is 9. The molecular formula is C23H20N4O6. The first-order chi connectivity index (χ1) is 16.1. The Morgan fingerprint density at radius 3 is 2.79 bits per heavy atom. The molecule has 33 heavy (non-hydrogen) atoms. The molecule has 0 N–H and O–H groups in total. The van der Waals surface area contributed by atoms with Crippen molar-refractivity contribution in [1.82, 2.24) is 20.3 Å². The Morgan fingerprint density at radius 1 is 1.15 bits per heavy atom. The van der Waals surface area contributed by atoms with Crippen LogP contribution < -0.4 is 0 Å². The molecule has 1 amide bonds. The van der Waals surface area contributed by atoms with E-state index in [2.05, 4.69) is 15.4 Å². The molecule has 10 heteroatoms. The van der Waals surface area contributed by atoms with Gasteiger partial charge in [0.25, 0.3) is 17.7 Å². The minimum Gasteiger partial charge on any atom is -0.459 e. The Balaban J connectivity index is 1.27. The maximum Gasteiger partial charge on any atom is 0.329 e. The highest BCUT2D eigenvalue weighted by Crippen LogP contribution is 2.33. The molecule has 0 spiro atoms. The van der Waals surface area contributed by atoms with E-state index in [-0.39, 0.29) is 30.1 Å². The second kappa shape index (κ2) is 8.73. The van der Waals surface area contributed by atoms with Crippen LogP contribution in [0.2, 0.25) is 0 Å². The standard InChI is InChI=1S/C23H20N4O6/c1-14-19(20(26-33-14)15-7-3-2-4-8-15)21-25-24-18(32-21)13-31-23(29)16-9-5-11-27(16)22(28)17-10-6-12-30-17/h2-4,6-8,10,12,16H,5,9,11,13H2,1H3/t16-/m0/s1. The van der Waals surface area contributed by atoms with Crippen LogP contribution in [0.1, 0.15) is 35.0 Å². The number of carbonyl (C=O) groups excluding carboxylic acids is 2. The zero-order valence-corrected chi connectivity index (χ0v) is 17.8. The van der Waals surface area contributed by atoms with Gasteiger partial charge in [0.2, 0.25) is 0 Å². The highest BCUT2D eigenvalue weighted by Gasteiger charge is 2.37. The Hall–Kier alpha value is -4.21. The van der Waals surface area contributed by atoms with Crippen LogP contribution in [0.15, 0.2) is 62.1 Å². The van der Waals surface area contributed by atoms with Gasteiger partial charge in [0.1, 0.15) is 23.1 Å². The zero-order valence-electron chi connectivity index (χ0n) is 17.8. The first kappa shape index (κ1) is 20.7. The summed E-state index contributed by atoms with van der Waals surface area (Å²) in [7, 11) is 0. The first-order valence-corrected chi connectivity index (χ1v) is 10.5. The van der Waals surface area contributed by atoms with Gasteiger partial charge < -0.3 is 23.0 Å². The van der Waals surface area contributed by atoms with E-state index in [1.54, 1.807) is 19.1 Å². The number of esters is 1. The SMILES string of the molecule is Cc1onc(-c2ccccc2)c1-c1nnc(COC(=O)[C@@H]2CCCN2C(=O)c2ccco2)o1. The van der Waals surface area contributed by atoms with Gasteiger partial charge in [-0.25, -0.2) is 4.79 Å². The Morgan fingerprint density at radius 2 is 2.00 bits per heavy atom. The molecule has 4 aromatic rings. The number of carbonyl (C=O) groups is 2. The van der Waals surface area contributed by atoms with E-state index in [0.29, 0.717) is 36.4 Å². The average Bonchev–Trinajstić information content (AvgIpc) is 3.64. The number of ether oxygens (including phenoxy) is 1. The van der Waals surface area contributed by atoms with Crippen molar-refractivity contribution in [3.05, 3.63) is 66.1 Å². The van der Waals surface area contributed by atoms with Crippen molar-refractivity contribution in [2.45, 2.75) is 32.4 Å². The second-order valence-corrected chi connectivity index (χ2v) is 7.57. The summed E-state index contributed by atoms with van der Waals surface area (Å²) in [4.78, 5) is 26.7. The molecule has 1 saturated heterocycles. The van der Waals surface area contributed by atoms with Gasteiger partial charge in [-0.1, -0.05) is 35.5 Å². The highest BCUT2D eigenvalue weighted by molar-refractivity contribution is 5.95. The predicted molar refractivity (Wildman–Crippen MR) is 113 cm³/mol. The topological polar surface area (TPSA) is 125 Å². The normalized spacial score (nSPS) is 15.7. The molecule has 10 nitrogen and oxygen atoms in total. The van der Waals surface area contributed by atoms with Crippen LogP contribution >= 0.6 is 0 Å². The van der Waals surface area contributed by atoms with E-state index < -0.39 is 12.0 Å². The van der Waals surface area contributed by atoms with Crippen LogP contribution in [-0.4, -0.2) is 44.7 Å². The van der Waals surface area contributed by atoms with E-state index in [0.717, 1.165) is 5.56 Å². The quantitative estimate of drug-likeness (QED) is 0.406. The summed E-state index contributed by atoms with van der Waals surface area (Å²) in [6.45, 7) is 2.00. The smallest absolute Gasteiger partial charge is 0.329 e. The number of nitrogens with zero attached hydrogens (tertiary/aromatic N) is 4. The number of likely N-dealkylation sites (tertiary alicyclic amines) is 1. The van der Waals surface area contributed by atoms with Crippen molar-refractivity contribution in [3.8, 4) is 22.7 Å². The van der Waals surface area contributed by atoms with Gasteiger partial charge in [-0.3, -0.25) is 4.79 Å². The fourth-order valence-corrected chi connectivity index (χ4v) is 3.86. The summed E-state index contributed by atoms with van der Waals surface area (Å²) in [5.41, 5.74) is 2.01. The number of aromatic nitrogens is 3. The summed E-state index contributed by atoms with van der Waals surface area (Å²) in [5, 5.41) is 12.2. The van der Waals surface area contributed by atoms with Crippen LogP contribution in [0.4, 0.5) is 0 Å². The fourth-order valence-electron chi connectivity index (χ4n) is 3.86. The van der Waals surface area contributed by atoms with E-state index >= 15 is 0 Å². The van der Waals surface area contributed by atoms with Gasteiger partial charge in [-0.15, -0.1) is 10.2 Å². The number of amides is 1. The van der Waals surface area contributed by atoms with Crippen molar-refractivity contribution < 1.29 is 27.7 Å². The number of rotatable bonds is 6. The third-order valence-electron chi connectivity index (χ3n) is 5.45. The predicted octanol–water partition coefficient (Wildman–Crippen LogP) is 3.64. The van der Waals surface area contributed by atoms with Gasteiger partial charge in [-0.05, 0) is 31.9 Å². The molecule has 0 bridgehead atoms. The van der Waals surface area contributed by atoms with Crippen LogP contribution in [-0.2, 0) is 16.1 Å². The van der Waals surface area contributed by atoms with Gasteiger partial charge >= 0.3 is 5.97 Å². The summed E-state index contributed by atoms with van der Waals surface area (Å²) in [5.74, 6) is 0.192. The van der Waals surface area contributed by atoms with Crippen LogP contribution in [0.5, 0.6) is 0 Å². The average molecular weight is 448 g/mol. The maximum atomic E-state index is 12.7. The molecular weight excluding hydrogens is 428 g/mol. The fraction of sp³-hybridized carbons (Fsp3) is 0.261. The Bertz CT molecular complexity index is 1260. The van der Waals surface area contributed by atoms with Crippen LogP contribution in [0, 0.1) is 6.92 Å². The first-order valence-electron chi connectivity index (χ1n) is 10.5. The van der Waals surface area contributed by atoms with Crippen molar-refractivity contribution in [3.63, 3.8) is 0 Å². The van der Waals surface area contributed by atoms with E-state index in [9.17, 15) is 9.59 Å². The number of aryl methyl sites for hydroxylation is 1. The lowest BCUT2D eigenvalue weighted by atomic mass is 10.1. The van der Waals surface area contributed by atoms with Crippen molar-refractivity contribution in [2.24, 2.45) is 0 Å². The zero-order chi connectivity index (χ0) is 22.8. The van der Waals surface area contributed by atoms with Crippen molar-refractivity contribution in [2.75, 3.05) is 6.54 Å². The van der Waals surface area contributed by atoms with E-state index in [4.69, 9.17) is 18.1 Å². The summed E-state index contributed by atoms with van der Waals surface area (Å²) >= 11 is 0. The highest BCUT2D eigenvalue weighted by atomic mass is 16.5. The second-order valence-electron chi connectivity index (χ2n) is 7.57. The summed E-state index contributed by atoms with van der Waals surface area (Å²) in [6, 6.07) is 12.0. The van der Waals surface area contributed by atoms with Gasteiger partial charge in [0.15, 0.2) is 12.4 Å². The van der Waals surface area contributed by atoms with E-state index in [1.807, 2.05) is 30.3 Å². The lowest BCUT2D eigenvalue weighted by Crippen LogP contribution is -2.41. The van der Waals surface area contributed by atoms with Crippen LogP contribution in [0.25, 0.3) is 22.7 Å².